The van der Waals surface area contributed by atoms with Gasteiger partial charge in [-0.3, -0.25) is 29.7 Å². The predicted octanol–water partition coefficient (Wildman–Crippen LogP) is 2.96. The molecule has 150 valence electrons. The van der Waals surface area contributed by atoms with Gasteiger partial charge in [-0.05, 0) is 49.2 Å². The topological polar surface area (TPSA) is 92.5 Å². The molecule has 30 heavy (non-hydrogen) atoms. The van der Waals surface area contributed by atoms with Gasteiger partial charge in [0.05, 0.1) is 24.5 Å². The maximum atomic E-state index is 12.5. The minimum Gasteiger partial charge on any atom is -0.347 e. The number of carbonyl (C=O) groups is 1. The van der Waals surface area contributed by atoms with E-state index in [2.05, 4.69) is 30.3 Å². The molecule has 0 atom stereocenters. The molecule has 1 aliphatic heterocycles. The second kappa shape index (κ2) is 8.73. The number of hydrogen-bond acceptors (Lipinski definition) is 6. The first-order chi connectivity index (χ1) is 14.6. The van der Waals surface area contributed by atoms with Gasteiger partial charge in [0.1, 0.15) is 5.69 Å². The van der Waals surface area contributed by atoms with E-state index in [1.54, 1.807) is 30.9 Å². The normalized spacial score (nSPS) is 13.1. The van der Waals surface area contributed by atoms with E-state index in [1.807, 2.05) is 38.1 Å². The molecule has 0 spiro atoms. The molecule has 0 fully saturated rings. The van der Waals surface area contributed by atoms with Crippen molar-refractivity contribution in [2.24, 2.45) is 9.98 Å². The lowest BCUT2D eigenvalue weighted by Crippen LogP contribution is -2.24. The fraction of sp³-hybridized carbons (Fsp3) is 0.217. The van der Waals surface area contributed by atoms with Crippen LogP contribution in [0, 0.1) is 13.8 Å². The zero-order valence-electron chi connectivity index (χ0n) is 17.0. The molecule has 3 aromatic heterocycles. The molecule has 0 unspecified atom stereocenters. The number of hydrogen-bond donors (Lipinski definition) is 1. The molecule has 7 heteroatoms. The fourth-order valence-electron chi connectivity index (χ4n) is 3.26. The minimum absolute atomic E-state index is 0.229. The highest BCUT2D eigenvalue weighted by Crippen LogP contribution is 2.21. The number of carbonyl (C=O) groups excluding carboxylic acids is 1. The SMILES string of the molecule is Cc1cc(-c2ncc(CNC(=O)c3ccc(C4=NCCN=C4)cn3)cc2C)ccn1. The summed E-state index contributed by atoms with van der Waals surface area (Å²) in [6, 6.07) is 9.54. The van der Waals surface area contributed by atoms with Crippen molar-refractivity contribution >= 4 is 17.8 Å². The van der Waals surface area contributed by atoms with Crippen LogP contribution in [0.2, 0.25) is 0 Å². The van der Waals surface area contributed by atoms with Crippen LogP contribution in [-0.2, 0) is 6.54 Å². The second-order valence-corrected chi connectivity index (χ2v) is 7.11. The number of aromatic nitrogens is 3. The van der Waals surface area contributed by atoms with E-state index in [1.165, 1.54) is 0 Å². The number of nitrogens with one attached hydrogen (secondary N) is 1. The molecule has 0 bridgehead atoms. The molecule has 4 rings (SSSR count). The van der Waals surface area contributed by atoms with Gasteiger partial charge in [0.2, 0.25) is 0 Å². The zero-order valence-corrected chi connectivity index (χ0v) is 17.0. The second-order valence-electron chi connectivity index (χ2n) is 7.11. The summed E-state index contributed by atoms with van der Waals surface area (Å²) in [5.41, 5.74) is 6.90. The first-order valence-electron chi connectivity index (χ1n) is 9.77. The molecular weight excluding hydrogens is 376 g/mol. The van der Waals surface area contributed by atoms with E-state index in [0.29, 0.717) is 18.8 Å². The van der Waals surface area contributed by atoms with Gasteiger partial charge < -0.3 is 5.32 Å². The van der Waals surface area contributed by atoms with Gasteiger partial charge in [-0.15, -0.1) is 0 Å². The Bertz CT molecular complexity index is 1130. The first kappa shape index (κ1) is 19.6. The molecular formula is C23H22N6O. The van der Waals surface area contributed by atoms with Crippen molar-refractivity contribution in [2.45, 2.75) is 20.4 Å². The Kier molecular flexibility index (Phi) is 5.70. The lowest BCUT2D eigenvalue weighted by Gasteiger charge is -2.10. The summed E-state index contributed by atoms with van der Waals surface area (Å²) >= 11 is 0. The Labute approximate surface area is 175 Å². The van der Waals surface area contributed by atoms with Crippen molar-refractivity contribution in [3.05, 3.63) is 77.0 Å². The van der Waals surface area contributed by atoms with Gasteiger partial charge >= 0.3 is 0 Å². The summed E-state index contributed by atoms with van der Waals surface area (Å²) in [7, 11) is 0. The van der Waals surface area contributed by atoms with Crippen LogP contribution < -0.4 is 5.32 Å². The van der Waals surface area contributed by atoms with Crippen molar-refractivity contribution in [2.75, 3.05) is 13.1 Å². The van der Waals surface area contributed by atoms with E-state index in [-0.39, 0.29) is 5.91 Å². The van der Waals surface area contributed by atoms with Crippen LogP contribution in [0.3, 0.4) is 0 Å². The van der Waals surface area contributed by atoms with Crippen molar-refractivity contribution in [1.29, 1.82) is 0 Å². The quantitative estimate of drug-likeness (QED) is 0.715. The average molecular weight is 398 g/mol. The van der Waals surface area contributed by atoms with Crippen LogP contribution in [0.15, 0.2) is 58.9 Å². The minimum atomic E-state index is -0.229. The van der Waals surface area contributed by atoms with Crippen molar-refractivity contribution < 1.29 is 4.79 Å². The highest BCUT2D eigenvalue weighted by molar-refractivity contribution is 6.38. The van der Waals surface area contributed by atoms with E-state index in [9.17, 15) is 4.79 Å². The van der Waals surface area contributed by atoms with Crippen molar-refractivity contribution in [3.8, 4) is 11.3 Å². The van der Waals surface area contributed by atoms with E-state index >= 15 is 0 Å². The standard InChI is InChI=1S/C23H22N6O/c1-15-9-17(11-28-22(15)18-5-6-25-16(2)10-18)12-29-23(30)20-4-3-19(13-27-20)21-14-24-7-8-26-21/h3-6,9-11,13-14H,7-8,12H2,1-2H3,(H,29,30). The van der Waals surface area contributed by atoms with Crippen LogP contribution in [0.5, 0.6) is 0 Å². The van der Waals surface area contributed by atoms with Gasteiger partial charge in [0, 0.05) is 48.2 Å². The maximum Gasteiger partial charge on any atom is 0.270 e. The lowest BCUT2D eigenvalue weighted by molar-refractivity contribution is 0.0946. The van der Waals surface area contributed by atoms with Crippen molar-refractivity contribution in [3.63, 3.8) is 0 Å². The number of nitrogens with zero attached hydrogens (tertiary/aromatic N) is 5. The molecule has 0 saturated heterocycles. The third-order valence-corrected chi connectivity index (χ3v) is 4.77. The number of pyridine rings is 3. The maximum absolute atomic E-state index is 12.5. The largest absolute Gasteiger partial charge is 0.347 e. The summed E-state index contributed by atoms with van der Waals surface area (Å²) in [6.45, 7) is 5.75. The number of aryl methyl sites for hydroxylation is 2. The number of amides is 1. The van der Waals surface area contributed by atoms with Crippen LogP contribution in [0.25, 0.3) is 11.3 Å². The summed E-state index contributed by atoms with van der Waals surface area (Å²) in [5, 5.41) is 2.90. The van der Waals surface area contributed by atoms with Crippen molar-refractivity contribution in [1.82, 2.24) is 20.3 Å². The van der Waals surface area contributed by atoms with E-state index in [0.717, 1.165) is 45.9 Å². The molecule has 0 radical (unpaired) electrons. The average Bonchev–Trinajstić information content (AvgIpc) is 2.78. The highest BCUT2D eigenvalue weighted by atomic mass is 16.1. The van der Waals surface area contributed by atoms with Gasteiger partial charge in [-0.1, -0.05) is 6.07 Å². The lowest BCUT2D eigenvalue weighted by atomic mass is 10.1. The number of rotatable bonds is 5. The molecule has 0 aromatic carbocycles. The Hall–Kier alpha value is -3.74. The first-order valence-corrected chi connectivity index (χ1v) is 9.77. The monoisotopic (exact) mass is 398 g/mol. The zero-order chi connectivity index (χ0) is 20.9. The van der Waals surface area contributed by atoms with Crippen LogP contribution in [-0.4, -0.2) is 45.9 Å². The Balaban J connectivity index is 1.40. The van der Waals surface area contributed by atoms with Gasteiger partial charge in [-0.2, -0.15) is 0 Å². The van der Waals surface area contributed by atoms with Gasteiger partial charge in [-0.25, -0.2) is 0 Å². The Morgan fingerprint density at radius 3 is 2.60 bits per heavy atom. The molecule has 1 N–H and O–H groups in total. The molecule has 0 aliphatic carbocycles. The predicted molar refractivity (Wildman–Crippen MR) is 117 cm³/mol. The molecule has 3 aromatic rings. The summed E-state index contributed by atoms with van der Waals surface area (Å²) < 4.78 is 0. The van der Waals surface area contributed by atoms with Crippen LogP contribution in [0.1, 0.15) is 32.9 Å². The third kappa shape index (κ3) is 4.46. The third-order valence-electron chi connectivity index (χ3n) is 4.77. The molecule has 1 amide bonds. The molecule has 0 saturated carbocycles. The Morgan fingerprint density at radius 1 is 1.00 bits per heavy atom. The molecule has 7 nitrogen and oxygen atoms in total. The summed E-state index contributed by atoms with van der Waals surface area (Å²) in [6.07, 6.45) is 6.97. The van der Waals surface area contributed by atoms with E-state index < -0.39 is 0 Å². The summed E-state index contributed by atoms with van der Waals surface area (Å²) in [5.74, 6) is -0.229. The Morgan fingerprint density at radius 2 is 1.90 bits per heavy atom. The van der Waals surface area contributed by atoms with Gasteiger partial charge in [0.25, 0.3) is 5.91 Å². The summed E-state index contributed by atoms with van der Waals surface area (Å²) in [4.78, 5) is 34.2. The smallest absolute Gasteiger partial charge is 0.270 e. The van der Waals surface area contributed by atoms with E-state index in [4.69, 9.17) is 0 Å². The van der Waals surface area contributed by atoms with Crippen LogP contribution >= 0.6 is 0 Å². The fourth-order valence-corrected chi connectivity index (χ4v) is 3.26. The molecule has 4 heterocycles. The molecule has 1 aliphatic rings. The van der Waals surface area contributed by atoms with Gasteiger partial charge in [0.15, 0.2) is 0 Å². The highest BCUT2D eigenvalue weighted by Gasteiger charge is 2.11. The number of aliphatic imine (C=N–C) groups is 2. The van der Waals surface area contributed by atoms with Crippen LogP contribution in [0.4, 0.5) is 0 Å².